The van der Waals surface area contributed by atoms with E-state index in [9.17, 15) is 4.79 Å². The number of carbonyl (C=O) groups is 1. The predicted molar refractivity (Wildman–Crippen MR) is 116 cm³/mol. The molecule has 0 atom stereocenters. The van der Waals surface area contributed by atoms with Crippen LogP contribution in [0.1, 0.15) is 22.5 Å². The van der Waals surface area contributed by atoms with Gasteiger partial charge in [-0.2, -0.15) is 0 Å². The van der Waals surface area contributed by atoms with E-state index in [0.29, 0.717) is 22.5 Å². The molecular formula is C21H23ClN4O2S. The molecule has 1 amide bonds. The molecule has 1 aromatic heterocycles. The van der Waals surface area contributed by atoms with Crippen molar-refractivity contribution in [3.05, 3.63) is 63.9 Å². The maximum atomic E-state index is 12.4. The van der Waals surface area contributed by atoms with E-state index in [4.69, 9.17) is 16.3 Å². The number of amides is 1. The Kier molecular flexibility index (Phi) is 6.82. The lowest BCUT2D eigenvalue weighted by molar-refractivity contribution is -0.118. The van der Waals surface area contributed by atoms with Gasteiger partial charge in [0.05, 0.1) is 18.6 Å². The molecule has 8 heteroatoms. The van der Waals surface area contributed by atoms with Crippen LogP contribution in [0.3, 0.4) is 0 Å². The number of hydrogen-bond acceptors (Lipinski definition) is 5. The zero-order valence-corrected chi connectivity index (χ0v) is 18.4. The number of halogens is 1. The van der Waals surface area contributed by atoms with Crippen LogP contribution in [0.4, 0.5) is 0 Å². The number of nitrogens with one attached hydrogen (secondary N) is 1. The number of thioether (sulfide) groups is 1. The number of aromatic nitrogens is 3. The summed E-state index contributed by atoms with van der Waals surface area (Å²) in [5, 5.41) is 12.6. The number of ether oxygens (including phenoxy) is 1. The normalized spacial score (nSPS) is 10.8. The van der Waals surface area contributed by atoms with Crippen molar-refractivity contribution in [2.75, 3.05) is 12.9 Å². The molecule has 0 spiro atoms. The second-order valence-electron chi connectivity index (χ2n) is 6.68. The molecule has 2 aromatic carbocycles. The molecular weight excluding hydrogens is 408 g/mol. The first-order chi connectivity index (χ1) is 13.9. The molecule has 0 aliphatic rings. The summed E-state index contributed by atoms with van der Waals surface area (Å²) in [4.78, 5) is 12.4. The molecule has 0 bridgehead atoms. The predicted octanol–water partition coefficient (Wildman–Crippen LogP) is 4.26. The Morgan fingerprint density at radius 3 is 2.72 bits per heavy atom. The first kappa shape index (κ1) is 21.2. The van der Waals surface area contributed by atoms with E-state index in [1.165, 1.54) is 11.8 Å². The molecule has 0 saturated heterocycles. The third-order valence-corrected chi connectivity index (χ3v) is 5.62. The number of methoxy groups -OCH3 is 1. The van der Waals surface area contributed by atoms with Crippen LogP contribution in [0.25, 0.3) is 5.69 Å². The van der Waals surface area contributed by atoms with Crippen molar-refractivity contribution in [1.29, 1.82) is 0 Å². The fourth-order valence-corrected chi connectivity index (χ4v) is 3.95. The molecule has 3 rings (SSSR count). The number of rotatable bonds is 7. The molecule has 29 heavy (non-hydrogen) atoms. The topological polar surface area (TPSA) is 69.0 Å². The molecule has 0 fully saturated rings. The SMILES string of the molecule is COc1ccc(Cl)cc1CNC(=O)CSc1nnc(C)n1-c1cc(C)ccc1C. The van der Waals surface area contributed by atoms with Gasteiger partial charge in [0.25, 0.3) is 0 Å². The summed E-state index contributed by atoms with van der Waals surface area (Å²) < 4.78 is 7.30. The van der Waals surface area contributed by atoms with Gasteiger partial charge >= 0.3 is 0 Å². The second-order valence-corrected chi connectivity index (χ2v) is 8.06. The zero-order chi connectivity index (χ0) is 21.0. The summed E-state index contributed by atoms with van der Waals surface area (Å²) in [5.41, 5.74) is 4.13. The van der Waals surface area contributed by atoms with Crippen molar-refractivity contribution in [3.8, 4) is 11.4 Å². The van der Waals surface area contributed by atoms with E-state index in [1.807, 2.05) is 25.3 Å². The van der Waals surface area contributed by atoms with Crippen LogP contribution in [-0.4, -0.2) is 33.5 Å². The number of carbonyl (C=O) groups excluding carboxylic acids is 1. The van der Waals surface area contributed by atoms with Crippen LogP contribution in [-0.2, 0) is 11.3 Å². The van der Waals surface area contributed by atoms with Gasteiger partial charge in [0.15, 0.2) is 5.16 Å². The molecule has 0 aliphatic carbocycles. The summed E-state index contributed by atoms with van der Waals surface area (Å²) in [6.45, 7) is 6.34. The Morgan fingerprint density at radius 1 is 1.17 bits per heavy atom. The fourth-order valence-electron chi connectivity index (χ4n) is 2.93. The highest BCUT2D eigenvalue weighted by Gasteiger charge is 2.15. The highest BCUT2D eigenvalue weighted by Crippen LogP contribution is 2.25. The van der Waals surface area contributed by atoms with Gasteiger partial charge in [0.1, 0.15) is 11.6 Å². The fraction of sp³-hybridized carbons (Fsp3) is 0.286. The summed E-state index contributed by atoms with van der Waals surface area (Å²) in [6, 6.07) is 11.6. The van der Waals surface area contributed by atoms with Crippen LogP contribution in [0.15, 0.2) is 41.6 Å². The maximum Gasteiger partial charge on any atom is 0.230 e. The average Bonchev–Trinajstić information content (AvgIpc) is 3.07. The summed E-state index contributed by atoms with van der Waals surface area (Å²) in [7, 11) is 1.59. The van der Waals surface area contributed by atoms with Crippen LogP contribution in [0.5, 0.6) is 5.75 Å². The van der Waals surface area contributed by atoms with Gasteiger partial charge in [-0.15, -0.1) is 10.2 Å². The lowest BCUT2D eigenvalue weighted by Gasteiger charge is -2.13. The number of nitrogens with zero attached hydrogens (tertiary/aromatic N) is 3. The lowest BCUT2D eigenvalue weighted by Crippen LogP contribution is -2.25. The van der Waals surface area contributed by atoms with Crippen molar-refractivity contribution in [2.45, 2.75) is 32.5 Å². The van der Waals surface area contributed by atoms with Crippen LogP contribution in [0.2, 0.25) is 5.02 Å². The molecule has 3 aromatic rings. The molecule has 0 unspecified atom stereocenters. The van der Waals surface area contributed by atoms with E-state index in [1.54, 1.807) is 25.3 Å². The lowest BCUT2D eigenvalue weighted by atomic mass is 10.1. The molecule has 1 heterocycles. The van der Waals surface area contributed by atoms with Gasteiger partial charge < -0.3 is 10.1 Å². The quantitative estimate of drug-likeness (QED) is 0.567. The van der Waals surface area contributed by atoms with Gasteiger partial charge in [-0.3, -0.25) is 9.36 Å². The Morgan fingerprint density at radius 2 is 1.97 bits per heavy atom. The third kappa shape index (κ3) is 5.10. The van der Waals surface area contributed by atoms with Gasteiger partial charge in [0, 0.05) is 17.1 Å². The van der Waals surface area contributed by atoms with Crippen LogP contribution >= 0.6 is 23.4 Å². The monoisotopic (exact) mass is 430 g/mol. The minimum atomic E-state index is -0.106. The summed E-state index contributed by atoms with van der Waals surface area (Å²) in [6.07, 6.45) is 0. The second kappa shape index (κ2) is 9.33. The van der Waals surface area contributed by atoms with Gasteiger partial charge in [0.2, 0.25) is 5.91 Å². The molecule has 0 aliphatic heterocycles. The highest BCUT2D eigenvalue weighted by atomic mass is 35.5. The van der Waals surface area contributed by atoms with E-state index in [2.05, 4.69) is 33.7 Å². The van der Waals surface area contributed by atoms with Crippen molar-refractivity contribution in [1.82, 2.24) is 20.1 Å². The van der Waals surface area contributed by atoms with Crippen molar-refractivity contribution < 1.29 is 9.53 Å². The Balaban J connectivity index is 1.67. The Bertz CT molecular complexity index is 1040. The van der Waals surface area contributed by atoms with Gasteiger partial charge in [-0.1, -0.05) is 35.5 Å². The summed E-state index contributed by atoms with van der Waals surface area (Å²) >= 11 is 7.40. The van der Waals surface area contributed by atoms with Crippen LogP contribution < -0.4 is 10.1 Å². The standard InChI is InChI=1S/C21H23ClN4O2S/c1-13-5-6-14(2)18(9-13)26-15(3)24-25-21(26)29-12-20(27)23-11-16-10-17(22)7-8-19(16)28-4/h5-10H,11-12H2,1-4H3,(H,23,27). The third-order valence-electron chi connectivity index (χ3n) is 4.45. The van der Waals surface area contributed by atoms with E-state index in [0.717, 1.165) is 28.2 Å². The smallest absolute Gasteiger partial charge is 0.230 e. The van der Waals surface area contributed by atoms with Gasteiger partial charge in [-0.25, -0.2) is 0 Å². The molecule has 1 N–H and O–H groups in total. The number of aryl methyl sites for hydroxylation is 3. The summed E-state index contributed by atoms with van der Waals surface area (Å²) in [5.74, 6) is 1.59. The molecule has 6 nitrogen and oxygen atoms in total. The van der Waals surface area contributed by atoms with Crippen molar-refractivity contribution in [3.63, 3.8) is 0 Å². The Hall–Kier alpha value is -2.51. The zero-order valence-electron chi connectivity index (χ0n) is 16.8. The average molecular weight is 431 g/mol. The number of benzene rings is 2. The van der Waals surface area contributed by atoms with Crippen molar-refractivity contribution in [2.24, 2.45) is 0 Å². The highest BCUT2D eigenvalue weighted by molar-refractivity contribution is 7.99. The van der Waals surface area contributed by atoms with Gasteiger partial charge in [-0.05, 0) is 56.2 Å². The molecule has 0 radical (unpaired) electrons. The van der Waals surface area contributed by atoms with E-state index >= 15 is 0 Å². The first-order valence-electron chi connectivity index (χ1n) is 9.10. The van der Waals surface area contributed by atoms with Crippen LogP contribution in [0, 0.1) is 20.8 Å². The molecule has 152 valence electrons. The maximum absolute atomic E-state index is 12.4. The number of hydrogen-bond donors (Lipinski definition) is 1. The van der Waals surface area contributed by atoms with E-state index < -0.39 is 0 Å². The first-order valence-corrected chi connectivity index (χ1v) is 10.5. The van der Waals surface area contributed by atoms with E-state index in [-0.39, 0.29) is 11.7 Å². The van der Waals surface area contributed by atoms with Crippen molar-refractivity contribution >= 4 is 29.3 Å². The minimum absolute atomic E-state index is 0.106. The largest absolute Gasteiger partial charge is 0.496 e. The minimum Gasteiger partial charge on any atom is -0.496 e. The Labute approximate surface area is 179 Å². The molecule has 0 saturated carbocycles.